The lowest BCUT2D eigenvalue weighted by molar-refractivity contribution is 0.0697. The number of benzene rings is 1. The van der Waals surface area contributed by atoms with E-state index in [0.717, 1.165) is 4.47 Å². The molecular weight excluding hydrogens is 321 g/mol. The van der Waals surface area contributed by atoms with E-state index in [1.807, 2.05) is 0 Å². The normalized spacial score (nSPS) is 10.1. The summed E-state index contributed by atoms with van der Waals surface area (Å²) in [6.45, 7) is 0. The Bertz CT molecular complexity index is 604. The quantitative estimate of drug-likeness (QED) is 0.925. The zero-order valence-electron chi connectivity index (χ0n) is 8.93. The van der Waals surface area contributed by atoms with Crippen molar-refractivity contribution in [3.8, 4) is 11.5 Å². The van der Waals surface area contributed by atoms with Gasteiger partial charge in [0.2, 0.25) is 0 Å². The third-order valence-electron chi connectivity index (χ3n) is 2.09. The molecule has 0 saturated carbocycles. The van der Waals surface area contributed by atoms with Crippen LogP contribution in [0.2, 0.25) is 5.02 Å². The molecule has 1 heterocycles. The van der Waals surface area contributed by atoms with Gasteiger partial charge in [-0.25, -0.2) is 4.79 Å². The highest BCUT2D eigenvalue weighted by Crippen LogP contribution is 2.27. The monoisotopic (exact) mass is 327 g/mol. The largest absolute Gasteiger partial charge is 0.478 e. The lowest BCUT2D eigenvalue weighted by Gasteiger charge is -2.07. The third-order valence-corrected chi connectivity index (χ3v) is 2.83. The fourth-order valence-electron chi connectivity index (χ4n) is 1.32. The van der Waals surface area contributed by atoms with Crippen LogP contribution in [-0.2, 0) is 0 Å². The first-order valence-electron chi connectivity index (χ1n) is 4.87. The summed E-state index contributed by atoms with van der Waals surface area (Å²) < 4.78 is 6.29. The summed E-state index contributed by atoms with van der Waals surface area (Å²) in [6, 6.07) is 6.12. The number of nitrogens with zero attached hydrogens (tertiary/aromatic N) is 1. The Hall–Kier alpha value is -1.59. The van der Waals surface area contributed by atoms with E-state index in [1.165, 1.54) is 18.2 Å². The van der Waals surface area contributed by atoms with Gasteiger partial charge in [0.15, 0.2) is 0 Å². The number of aromatic nitrogens is 1. The van der Waals surface area contributed by atoms with Crippen molar-refractivity contribution < 1.29 is 14.6 Å². The van der Waals surface area contributed by atoms with Crippen molar-refractivity contribution in [2.24, 2.45) is 0 Å². The second kappa shape index (κ2) is 5.37. The van der Waals surface area contributed by atoms with Crippen molar-refractivity contribution in [1.82, 2.24) is 4.98 Å². The van der Waals surface area contributed by atoms with E-state index in [2.05, 4.69) is 20.9 Å². The second-order valence-electron chi connectivity index (χ2n) is 3.39. The number of carbonyl (C=O) groups is 1. The number of hydrogen-bond donors (Lipinski definition) is 1. The summed E-state index contributed by atoms with van der Waals surface area (Å²) >= 11 is 9.11. The zero-order valence-corrected chi connectivity index (χ0v) is 11.3. The summed E-state index contributed by atoms with van der Waals surface area (Å²) in [5, 5.41) is 8.97. The molecule has 0 spiro atoms. The number of aromatic carboxylic acids is 1. The average molecular weight is 329 g/mol. The molecule has 1 aromatic carbocycles. The predicted octanol–water partition coefficient (Wildman–Crippen LogP) is 3.99. The molecule has 0 aliphatic carbocycles. The first kappa shape index (κ1) is 12.9. The van der Waals surface area contributed by atoms with Gasteiger partial charge < -0.3 is 9.84 Å². The number of hydrogen-bond acceptors (Lipinski definition) is 3. The highest BCUT2D eigenvalue weighted by molar-refractivity contribution is 9.10. The molecule has 6 heteroatoms. The maximum atomic E-state index is 10.8. The molecule has 0 amide bonds. The molecule has 4 nitrogen and oxygen atoms in total. The van der Waals surface area contributed by atoms with E-state index in [-0.39, 0.29) is 10.6 Å². The fourth-order valence-corrected chi connectivity index (χ4v) is 1.91. The fraction of sp³-hybridized carbons (Fsp3) is 0. The minimum atomic E-state index is -1.07. The molecule has 0 aliphatic heterocycles. The van der Waals surface area contributed by atoms with Crippen molar-refractivity contribution in [3.63, 3.8) is 0 Å². The van der Waals surface area contributed by atoms with E-state index in [0.29, 0.717) is 11.5 Å². The molecule has 0 aliphatic rings. The zero-order chi connectivity index (χ0) is 13.1. The van der Waals surface area contributed by atoms with Gasteiger partial charge in [0, 0.05) is 16.7 Å². The minimum absolute atomic E-state index is 0.0383. The van der Waals surface area contributed by atoms with Gasteiger partial charge in [0.1, 0.15) is 11.5 Å². The molecule has 0 bridgehead atoms. The summed E-state index contributed by atoms with van der Waals surface area (Å²) in [5.74, 6) is -0.0934. The van der Waals surface area contributed by atoms with Gasteiger partial charge in [-0.05, 0) is 34.1 Å². The topological polar surface area (TPSA) is 59.4 Å². The SMILES string of the molecule is O=C(O)c1ccc(Oc2cncc(Br)c2)cc1Cl. The van der Waals surface area contributed by atoms with Gasteiger partial charge in [-0.3, -0.25) is 4.98 Å². The van der Waals surface area contributed by atoms with Crippen LogP contribution in [0.15, 0.2) is 41.1 Å². The molecular formula is C12H7BrClNO3. The van der Waals surface area contributed by atoms with Gasteiger partial charge in [-0.15, -0.1) is 0 Å². The van der Waals surface area contributed by atoms with Gasteiger partial charge in [-0.1, -0.05) is 11.6 Å². The van der Waals surface area contributed by atoms with Gasteiger partial charge in [0.25, 0.3) is 0 Å². The Morgan fingerprint density at radius 2 is 2.06 bits per heavy atom. The van der Waals surface area contributed by atoms with Gasteiger partial charge in [-0.2, -0.15) is 0 Å². The van der Waals surface area contributed by atoms with Gasteiger partial charge in [0.05, 0.1) is 16.8 Å². The molecule has 1 aromatic heterocycles. The van der Waals surface area contributed by atoms with Crippen molar-refractivity contribution >= 4 is 33.5 Å². The maximum absolute atomic E-state index is 10.8. The van der Waals surface area contributed by atoms with Crippen LogP contribution in [0.25, 0.3) is 0 Å². The number of halogens is 2. The van der Waals surface area contributed by atoms with Crippen LogP contribution in [0.1, 0.15) is 10.4 Å². The Morgan fingerprint density at radius 1 is 1.28 bits per heavy atom. The Morgan fingerprint density at radius 3 is 2.67 bits per heavy atom. The minimum Gasteiger partial charge on any atom is -0.478 e. The number of ether oxygens (including phenoxy) is 1. The van der Waals surface area contributed by atoms with Crippen molar-refractivity contribution in [1.29, 1.82) is 0 Å². The van der Waals surface area contributed by atoms with Crippen LogP contribution in [-0.4, -0.2) is 16.1 Å². The van der Waals surface area contributed by atoms with Crippen molar-refractivity contribution in [2.75, 3.05) is 0 Å². The average Bonchev–Trinajstić information content (AvgIpc) is 2.28. The Kier molecular flexibility index (Phi) is 3.84. The summed E-state index contributed by atoms with van der Waals surface area (Å²) in [6.07, 6.45) is 3.18. The summed E-state index contributed by atoms with van der Waals surface area (Å²) in [7, 11) is 0. The molecule has 92 valence electrons. The van der Waals surface area contributed by atoms with Crippen LogP contribution in [0, 0.1) is 0 Å². The van der Waals surface area contributed by atoms with Crippen LogP contribution in [0.3, 0.4) is 0 Å². The number of rotatable bonds is 3. The molecule has 18 heavy (non-hydrogen) atoms. The summed E-state index contributed by atoms with van der Waals surface area (Å²) in [5.41, 5.74) is 0.0383. The highest BCUT2D eigenvalue weighted by atomic mass is 79.9. The first-order chi connectivity index (χ1) is 8.56. The lowest BCUT2D eigenvalue weighted by atomic mass is 10.2. The van der Waals surface area contributed by atoms with Crippen LogP contribution in [0.5, 0.6) is 11.5 Å². The molecule has 2 aromatic rings. The highest BCUT2D eigenvalue weighted by Gasteiger charge is 2.09. The molecule has 0 radical (unpaired) electrons. The van der Waals surface area contributed by atoms with E-state index >= 15 is 0 Å². The van der Waals surface area contributed by atoms with Crippen molar-refractivity contribution in [3.05, 3.63) is 51.7 Å². The molecule has 0 fully saturated rings. The Balaban J connectivity index is 2.25. The third kappa shape index (κ3) is 3.00. The van der Waals surface area contributed by atoms with E-state index in [9.17, 15) is 4.79 Å². The van der Waals surface area contributed by atoms with Crippen LogP contribution >= 0.6 is 27.5 Å². The number of pyridine rings is 1. The van der Waals surface area contributed by atoms with Gasteiger partial charge >= 0.3 is 5.97 Å². The predicted molar refractivity (Wildman–Crippen MR) is 70.4 cm³/mol. The molecule has 2 rings (SSSR count). The van der Waals surface area contributed by atoms with Crippen LogP contribution in [0.4, 0.5) is 0 Å². The Labute approximate surface area is 116 Å². The van der Waals surface area contributed by atoms with E-state index < -0.39 is 5.97 Å². The van der Waals surface area contributed by atoms with E-state index in [4.69, 9.17) is 21.4 Å². The standard InChI is InChI=1S/C12H7BrClNO3/c13-7-3-9(6-15-5-7)18-8-1-2-10(12(16)17)11(14)4-8/h1-6H,(H,16,17). The van der Waals surface area contributed by atoms with Crippen molar-refractivity contribution in [2.45, 2.75) is 0 Å². The van der Waals surface area contributed by atoms with E-state index in [1.54, 1.807) is 18.5 Å². The number of carboxylic acid groups (broad SMARTS) is 1. The second-order valence-corrected chi connectivity index (χ2v) is 4.71. The first-order valence-corrected chi connectivity index (χ1v) is 6.04. The van der Waals surface area contributed by atoms with Crippen LogP contribution < -0.4 is 4.74 Å². The lowest BCUT2D eigenvalue weighted by Crippen LogP contribution is -1.97. The molecule has 1 N–H and O–H groups in total. The number of carboxylic acids is 1. The molecule has 0 unspecified atom stereocenters. The maximum Gasteiger partial charge on any atom is 0.337 e. The summed E-state index contributed by atoms with van der Waals surface area (Å²) in [4.78, 5) is 14.7. The smallest absolute Gasteiger partial charge is 0.337 e. The molecule has 0 atom stereocenters. The molecule has 0 saturated heterocycles.